The Balaban J connectivity index is 2.09. The number of hydrogen-bond acceptors (Lipinski definition) is 5. The maximum Gasteiger partial charge on any atom is 0.228 e. The molecule has 2 aromatic rings. The molecule has 1 aromatic carbocycles. The van der Waals surface area contributed by atoms with Crippen molar-refractivity contribution in [3.05, 3.63) is 42.2 Å². The molecule has 21 heavy (non-hydrogen) atoms. The van der Waals surface area contributed by atoms with Crippen molar-refractivity contribution in [1.82, 2.24) is 9.97 Å². The molecule has 0 spiro atoms. The maximum atomic E-state index is 11.9. The first-order valence-electron chi connectivity index (χ1n) is 6.66. The fourth-order valence-electron chi connectivity index (χ4n) is 1.65. The summed E-state index contributed by atoms with van der Waals surface area (Å²) in [5.74, 6) is -0.261. The number of aromatic nitrogens is 2. The van der Waals surface area contributed by atoms with Crippen LogP contribution < -0.4 is 11.1 Å². The van der Waals surface area contributed by atoms with Gasteiger partial charge in [-0.25, -0.2) is 9.97 Å². The Hall–Kier alpha value is -1.92. The predicted molar refractivity (Wildman–Crippen MR) is 84.2 cm³/mol. The molecule has 0 aliphatic rings. The quantitative estimate of drug-likeness (QED) is 0.829. The molecule has 0 saturated heterocycles. The van der Waals surface area contributed by atoms with Crippen molar-refractivity contribution in [3.63, 3.8) is 0 Å². The molecule has 0 aliphatic carbocycles. The summed E-state index contributed by atoms with van der Waals surface area (Å²) >= 11 is 1.49. The van der Waals surface area contributed by atoms with Gasteiger partial charge in [-0.15, -0.1) is 0 Å². The summed E-state index contributed by atoms with van der Waals surface area (Å²) in [4.78, 5) is 21.2. The van der Waals surface area contributed by atoms with E-state index >= 15 is 0 Å². The molecule has 0 saturated carbocycles. The lowest BCUT2D eigenvalue weighted by Crippen LogP contribution is -2.26. The summed E-state index contributed by atoms with van der Waals surface area (Å²) in [7, 11) is 0. The van der Waals surface area contributed by atoms with Crippen LogP contribution in [0.2, 0.25) is 0 Å². The van der Waals surface area contributed by atoms with E-state index in [0.717, 1.165) is 16.1 Å². The number of rotatable bonds is 5. The van der Waals surface area contributed by atoms with Gasteiger partial charge in [-0.2, -0.15) is 0 Å². The van der Waals surface area contributed by atoms with Crippen molar-refractivity contribution in [2.45, 2.75) is 23.9 Å². The van der Waals surface area contributed by atoms with Gasteiger partial charge in [0.2, 0.25) is 5.91 Å². The molecule has 1 unspecified atom stereocenters. The highest BCUT2D eigenvalue weighted by molar-refractivity contribution is 7.99. The summed E-state index contributed by atoms with van der Waals surface area (Å²) in [6.45, 7) is 4.10. The summed E-state index contributed by atoms with van der Waals surface area (Å²) in [6, 6.07) is 7.62. The van der Waals surface area contributed by atoms with E-state index in [-0.39, 0.29) is 11.8 Å². The highest BCUT2D eigenvalue weighted by Crippen LogP contribution is 2.28. The van der Waals surface area contributed by atoms with Crippen molar-refractivity contribution in [2.75, 3.05) is 11.9 Å². The van der Waals surface area contributed by atoms with Crippen LogP contribution in [-0.2, 0) is 4.79 Å². The zero-order chi connectivity index (χ0) is 15.2. The van der Waals surface area contributed by atoms with Gasteiger partial charge in [-0.3, -0.25) is 4.79 Å². The topological polar surface area (TPSA) is 80.9 Å². The van der Waals surface area contributed by atoms with E-state index in [0.29, 0.717) is 11.7 Å². The van der Waals surface area contributed by atoms with Crippen LogP contribution in [0, 0.1) is 12.8 Å². The van der Waals surface area contributed by atoms with Gasteiger partial charge in [0.25, 0.3) is 0 Å². The van der Waals surface area contributed by atoms with Gasteiger partial charge in [0.15, 0.2) is 5.16 Å². The third-order valence-electron chi connectivity index (χ3n) is 3.01. The average Bonchev–Trinajstić information content (AvgIpc) is 2.50. The molecule has 3 N–H and O–H groups in total. The van der Waals surface area contributed by atoms with Crippen LogP contribution in [0.1, 0.15) is 12.5 Å². The van der Waals surface area contributed by atoms with Gasteiger partial charge in [0.05, 0.1) is 0 Å². The average molecular weight is 302 g/mol. The minimum Gasteiger partial charge on any atom is -0.330 e. The number of nitrogens with two attached hydrogens (primary N) is 1. The number of aryl methyl sites for hydroxylation is 1. The van der Waals surface area contributed by atoms with Crippen molar-refractivity contribution in [1.29, 1.82) is 0 Å². The number of carbonyl (C=O) groups is 1. The van der Waals surface area contributed by atoms with Crippen molar-refractivity contribution in [3.8, 4) is 0 Å². The van der Waals surface area contributed by atoms with Gasteiger partial charge >= 0.3 is 0 Å². The number of nitrogens with zero attached hydrogens (tertiary/aromatic N) is 2. The molecule has 1 heterocycles. The number of amides is 1. The number of carbonyl (C=O) groups excluding carboxylic acids is 1. The van der Waals surface area contributed by atoms with Gasteiger partial charge in [0.1, 0.15) is 0 Å². The van der Waals surface area contributed by atoms with E-state index in [1.165, 1.54) is 11.8 Å². The number of anilines is 1. The Kier molecular flexibility index (Phi) is 5.30. The second kappa shape index (κ2) is 7.19. The first kappa shape index (κ1) is 15.5. The Morgan fingerprint density at radius 3 is 2.71 bits per heavy atom. The van der Waals surface area contributed by atoms with E-state index < -0.39 is 0 Å². The molecule has 1 aromatic heterocycles. The zero-order valence-electron chi connectivity index (χ0n) is 12.0. The first-order chi connectivity index (χ1) is 10.1. The lowest BCUT2D eigenvalue weighted by Gasteiger charge is -2.12. The molecule has 0 fully saturated rings. The van der Waals surface area contributed by atoms with Crippen LogP contribution >= 0.6 is 11.8 Å². The fraction of sp³-hybridized carbons (Fsp3) is 0.267. The molecular formula is C15H18N4OS. The highest BCUT2D eigenvalue weighted by Gasteiger charge is 2.12. The van der Waals surface area contributed by atoms with Crippen molar-refractivity contribution < 1.29 is 4.79 Å². The number of hydrogen-bond donors (Lipinski definition) is 2. The Morgan fingerprint density at radius 1 is 1.38 bits per heavy atom. The molecule has 0 radical (unpaired) electrons. The predicted octanol–water partition coefficient (Wildman–Crippen LogP) is 2.47. The molecule has 0 aliphatic heterocycles. The Labute approximate surface area is 128 Å². The largest absolute Gasteiger partial charge is 0.330 e. The van der Waals surface area contributed by atoms with Crippen LogP contribution in [0.3, 0.4) is 0 Å². The molecule has 6 heteroatoms. The summed E-state index contributed by atoms with van der Waals surface area (Å²) in [5.41, 5.74) is 7.29. The van der Waals surface area contributed by atoms with Gasteiger partial charge in [-0.05, 0) is 48.5 Å². The van der Waals surface area contributed by atoms with Gasteiger partial charge in [0, 0.05) is 35.4 Å². The smallest absolute Gasteiger partial charge is 0.228 e. The molecule has 2 rings (SSSR count). The molecule has 1 amide bonds. The van der Waals surface area contributed by atoms with E-state index in [9.17, 15) is 4.79 Å². The summed E-state index contributed by atoms with van der Waals surface area (Å²) in [5, 5.41) is 3.59. The monoisotopic (exact) mass is 302 g/mol. The van der Waals surface area contributed by atoms with Crippen LogP contribution in [-0.4, -0.2) is 22.4 Å². The van der Waals surface area contributed by atoms with E-state index in [2.05, 4.69) is 15.3 Å². The Bertz CT molecular complexity index is 618. The molecule has 0 bridgehead atoms. The normalized spacial score (nSPS) is 12.0. The van der Waals surface area contributed by atoms with Crippen LogP contribution in [0.4, 0.5) is 5.69 Å². The molecular weight excluding hydrogens is 284 g/mol. The van der Waals surface area contributed by atoms with Gasteiger partial charge in [-0.1, -0.05) is 6.92 Å². The third-order valence-corrected chi connectivity index (χ3v) is 3.89. The van der Waals surface area contributed by atoms with Crippen LogP contribution in [0.5, 0.6) is 0 Å². The van der Waals surface area contributed by atoms with Crippen molar-refractivity contribution in [2.24, 2.45) is 11.7 Å². The molecule has 5 nitrogen and oxygen atoms in total. The lowest BCUT2D eigenvalue weighted by molar-refractivity contribution is -0.119. The van der Waals surface area contributed by atoms with E-state index in [1.54, 1.807) is 18.5 Å². The fourth-order valence-corrected chi connectivity index (χ4v) is 2.46. The second-order valence-corrected chi connectivity index (χ2v) is 5.78. The van der Waals surface area contributed by atoms with Crippen LogP contribution in [0.25, 0.3) is 0 Å². The van der Waals surface area contributed by atoms with Gasteiger partial charge < -0.3 is 11.1 Å². The summed E-state index contributed by atoms with van der Waals surface area (Å²) in [6.07, 6.45) is 3.43. The maximum absolute atomic E-state index is 11.9. The Morgan fingerprint density at radius 2 is 2.10 bits per heavy atom. The first-order valence-corrected chi connectivity index (χ1v) is 7.48. The SMILES string of the molecule is Cc1cc(Sc2ncccn2)ccc1NC(=O)C(C)CN. The standard InChI is InChI=1S/C15H18N4OS/c1-10-8-12(21-15-17-6-3-7-18-15)4-5-13(10)19-14(20)11(2)9-16/h3-8,11H,9,16H2,1-2H3,(H,19,20). The van der Waals surface area contributed by atoms with Crippen molar-refractivity contribution >= 4 is 23.4 Å². The molecule has 1 atom stereocenters. The minimum absolute atomic E-state index is 0.0626. The second-order valence-electron chi connectivity index (χ2n) is 4.74. The third kappa shape index (κ3) is 4.27. The van der Waals surface area contributed by atoms with E-state index in [1.807, 2.05) is 32.0 Å². The summed E-state index contributed by atoms with van der Waals surface area (Å²) < 4.78 is 0. The highest BCUT2D eigenvalue weighted by atomic mass is 32.2. The lowest BCUT2D eigenvalue weighted by atomic mass is 10.1. The van der Waals surface area contributed by atoms with Crippen LogP contribution in [0.15, 0.2) is 46.7 Å². The zero-order valence-corrected chi connectivity index (χ0v) is 12.9. The molecule has 110 valence electrons. The minimum atomic E-state index is -0.198. The number of benzene rings is 1. The number of nitrogens with one attached hydrogen (secondary N) is 1. The van der Waals surface area contributed by atoms with E-state index in [4.69, 9.17) is 5.73 Å².